The summed E-state index contributed by atoms with van der Waals surface area (Å²) in [5.41, 5.74) is 5.04. The van der Waals surface area contributed by atoms with Gasteiger partial charge in [0.2, 0.25) is 5.95 Å². The minimum atomic E-state index is -0.600. The van der Waals surface area contributed by atoms with E-state index in [0.29, 0.717) is 12.5 Å². The van der Waals surface area contributed by atoms with Crippen molar-refractivity contribution in [1.82, 2.24) is 19.9 Å². The first-order valence-electron chi connectivity index (χ1n) is 5.39. The van der Waals surface area contributed by atoms with Crippen LogP contribution in [-0.4, -0.2) is 26.5 Å². The standard InChI is InChI=1S/C10H11FN6OS/c1-2-13-9-14-4-5(11)8(17-9)19-10-15-6(12)3-7(18)16-10/h3-4H,2H2,1H3,(H,13,14,17)(H3,12,15,16,18). The Morgan fingerprint density at radius 2 is 2.32 bits per heavy atom. The zero-order valence-electron chi connectivity index (χ0n) is 9.98. The van der Waals surface area contributed by atoms with Crippen LogP contribution in [0.4, 0.5) is 16.2 Å². The summed E-state index contributed by atoms with van der Waals surface area (Å²) < 4.78 is 13.6. The third kappa shape index (κ3) is 3.41. The van der Waals surface area contributed by atoms with Gasteiger partial charge in [-0.15, -0.1) is 0 Å². The lowest BCUT2D eigenvalue weighted by Crippen LogP contribution is -2.10. The van der Waals surface area contributed by atoms with Crippen LogP contribution in [0.25, 0.3) is 0 Å². The largest absolute Gasteiger partial charge is 0.383 e. The summed E-state index contributed by atoms with van der Waals surface area (Å²) in [7, 11) is 0. The van der Waals surface area contributed by atoms with E-state index in [1.54, 1.807) is 0 Å². The fourth-order valence-electron chi connectivity index (χ4n) is 1.26. The van der Waals surface area contributed by atoms with Gasteiger partial charge >= 0.3 is 0 Å². The average molecular weight is 282 g/mol. The van der Waals surface area contributed by atoms with Gasteiger partial charge in [-0.3, -0.25) is 4.79 Å². The van der Waals surface area contributed by atoms with Gasteiger partial charge < -0.3 is 16.0 Å². The summed E-state index contributed by atoms with van der Waals surface area (Å²) in [6.45, 7) is 2.49. The monoisotopic (exact) mass is 282 g/mol. The fraction of sp³-hybridized carbons (Fsp3) is 0.200. The van der Waals surface area contributed by atoms with Crippen molar-refractivity contribution >= 4 is 23.5 Å². The minimum Gasteiger partial charge on any atom is -0.383 e. The SMILES string of the molecule is CCNc1ncc(F)c(Sc2nc(N)cc(=O)[nH]2)n1. The molecule has 0 aliphatic heterocycles. The summed E-state index contributed by atoms with van der Waals surface area (Å²) in [6, 6.07) is 1.14. The minimum absolute atomic E-state index is 0.0553. The third-order valence-corrected chi connectivity index (χ3v) is 2.85. The molecule has 0 saturated heterocycles. The topological polar surface area (TPSA) is 110 Å². The van der Waals surface area contributed by atoms with Gasteiger partial charge in [-0.05, 0) is 18.7 Å². The number of aromatic nitrogens is 4. The van der Waals surface area contributed by atoms with Gasteiger partial charge in [0.25, 0.3) is 5.56 Å². The maximum absolute atomic E-state index is 13.6. The molecule has 19 heavy (non-hydrogen) atoms. The van der Waals surface area contributed by atoms with Gasteiger partial charge in [0.1, 0.15) is 10.8 Å². The quantitative estimate of drug-likeness (QED) is 0.563. The highest BCUT2D eigenvalue weighted by Crippen LogP contribution is 2.25. The maximum Gasteiger partial charge on any atom is 0.253 e. The Kier molecular flexibility index (Phi) is 3.95. The number of H-pyrrole nitrogens is 1. The van der Waals surface area contributed by atoms with Crippen LogP contribution in [0, 0.1) is 5.82 Å². The van der Waals surface area contributed by atoms with Crippen LogP contribution in [0.2, 0.25) is 0 Å². The first kappa shape index (κ1) is 13.3. The number of halogens is 1. The molecule has 0 amide bonds. The first-order chi connectivity index (χ1) is 9.08. The van der Waals surface area contributed by atoms with Crippen LogP contribution < -0.4 is 16.6 Å². The molecular weight excluding hydrogens is 271 g/mol. The molecule has 2 aromatic rings. The molecule has 0 bridgehead atoms. The Morgan fingerprint density at radius 1 is 1.53 bits per heavy atom. The van der Waals surface area contributed by atoms with Gasteiger partial charge in [0.15, 0.2) is 11.0 Å². The zero-order valence-corrected chi connectivity index (χ0v) is 10.8. The lowest BCUT2D eigenvalue weighted by atomic mass is 10.6. The Morgan fingerprint density at radius 3 is 3.00 bits per heavy atom. The molecule has 0 aromatic carbocycles. The van der Waals surface area contributed by atoms with E-state index in [9.17, 15) is 9.18 Å². The molecule has 2 heterocycles. The van der Waals surface area contributed by atoms with E-state index in [2.05, 4.69) is 25.3 Å². The van der Waals surface area contributed by atoms with Gasteiger partial charge in [0.05, 0.1) is 6.20 Å². The number of nitrogen functional groups attached to an aromatic ring is 1. The summed E-state index contributed by atoms with van der Waals surface area (Å²) >= 11 is 0.870. The van der Waals surface area contributed by atoms with Crippen molar-refractivity contribution < 1.29 is 4.39 Å². The Labute approximate surface area is 111 Å². The van der Waals surface area contributed by atoms with E-state index in [4.69, 9.17) is 5.73 Å². The zero-order chi connectivity index (χ0) is 13.8. The van der Waals surface area contributed by atoms with E-state index < -0.39 is 11.4 Å². The van der Waals surface area contributed by atoms with E-state index in [0.717, 1.165) is 24.0 Å². The molecule has 2 aromatic heterocycles. The highest BCUT2D eigenvalue weighted by atomic mass is 32.2. The Bertz CT molecular complexity index is 646. The molecule has 0 spiro atoms. The van der Waals surface area contributed by atoms with Crippen molar-refractivity contribution in [2.45, 2.75) is 17.1 Å². The predicted octanol–water partition coefficient (Wildman–Crippen LogP) is 0.864. The van der Waals surface area contributed by atoms with Gasteiger partial charge in [-0.25, -0.2) is 19.3 Å². The summed E-state index contributed by atoms with van der Waals surface area (Å²) in [5.74, 6) is -0.234. The summed E-state index contributed by atoms with van der Waals surface area (Å²) in [6.07, 6.45) is 1.05. The van der Waals surface area contributed by atoms with Crippen LogP contribution in [0.3, 0.4) is 0 Å². The molecule has 0 aliphatic carbocycles. The van der Waals surface area contributed by atoms with Crippen LogP contribution in [-0.2, 0) is 0 Å². The molecule has 7 nitrogen and oxygen atoms in total. The van der Waals surface area contributed by atoms with Crippen LogP contribution in [0.15, 0.2) is 27.2 Å². The van der Waals surface area contributed by atoms with Crippen molar-refractivity contribution in [2.24, 2.45) is 0 Å². The molecule has 0 fully saturated rings. The van der Waals surface area contributed by atoms with Crippen molar-refractivity contribution in [3.63, 3.8) is 0 Å². The van der Waals surface area contributed by atoms with E-state index in [1.807, 2.05) is 6.92 Å². The number of hydrogen-bond acceptors (Lipinski definition) is 7. The lowest BCUT2D eigenvalue weighted by molar-refractivity contribution is 0.579. The number of hydrogen-bond donors (Lipinski definition) is 3. The maximum atomic E-state index is 13.6. The third-order valence-electron chi connectivity index (χ3n) is 1.98. The van der Waals surface area contributed by atoms with E-state index in [-0.39, 0.29) is 16.0 Å². The number of nitrogens with two attached hydrogens (primary N) is 1. The van der Waals surface area contributed by atoms with Crippen molar-refractivity contribution in [2.75, 3.05) is 17.6 Å². The number of rotatable bonds is 4. The molecule has 9 heteroatoms. The predicted molar refractivity (Wildman–Crippen MR) is 69.5 cm³/mol. The molecular formula is C10H11FN6OS. The number of nitrogens with zero attached hydrogens (tertiary/aromatic N) is 3. The van der Waals surface area contributed by atoms with Crippen molar-refractivity contribution in [1.29, 1.82) is 0 Å². The number of anilines is 2. The number of nitrogens with one attached hydrogen (secondary N) is 2. The molecule has 0 atom stereocenters. The Balaban J connectivity index is 2.31. The van der Waals surface area contributed by atoms with Gasteiger partial charge in [-0.1, -0.05) is 0 Å². The highest BCUT2D eigenvalue weighted by molar-refractivity contribution is 7.99. The molecule has 100 valence electrons. The smallest absolute Gasteiger partial charge is 0.253 e. The molecule has 4 N–H and O–H groups in total. The second-order valence-corrected chi connectivity index (χ2v) is 4.43. The average Bonchev–Trinajstić information content (AvgIpc) is 2.32. The second-order valence-electron chi connectivity index (χ2n) is 3.45. The van der Waals surface area contributed by atoms with Crippen LogP contribution in [0.1, 0.15) is 6.92 Å². The Hall–Kier alpha value is -2.16. The van der Waals surface area contributed by atoms with Gasteiger partial charge in [0, 0.05) is 12.6 Å². The van der Waals surface area contributed by atoms with Gasteiger partial charge in [-0.2, -0.15) is 0 Å². The molecule has 0 saturated carbocycles. The van der Waals surface area contributed by atoms with Crippen molar-refractivity contribution in [3.8, 4) is 0 Å². The summed E-state index contributed by atoms with van der Waals surface area (Å²) in [5, 5.41) is 3.09. The van der Waals surface area contributed by atoms with Crippen LogP contribution >= 0.6 is 11.8 Å². The van der Waals surface area contributed by atoms with Crippen LogP contribution in [0.5, 0.6) is 0 Å². The highest BCUT2D eigenvalue weighted by Gasteiger charge is 2.10. The molecule has 0 radical (unpaired) electrons. The lowest BCUT2D eigenvalue weighted by Gasteiger charge is -2.05. The number of aromatic amines is 1. The second kappa shape index (κ2) is 5.65. The van der Waals surface area contributed by atoms with Crippen molar-refractivity contribution in [3.05, 3.63) is 28.4 Å². The normalized spacial score (nSPS) is 10.4. The molecule has 2 rings (SSSR count). The summed E-state index contributed by atoms with van der Waals surface area (Å²) in [4.78, 5) is 25.3. The fourth-order valence-corrected chi connectivity index (χ4v) is 2.03. The molecule has 0 unspecified atom stereocenters. The first-order valence-corrected chi connectivity index (χ1v) is 6.21. The molecule has 0 aliphatic rings. The van der Waals surface area contributed by atoms with E-state index in [1.165, 1.54) is 0 Å². The van der Waals surface area contributed by atoms with E-state index >= 15 is 0 Å².